The predicted molar refractivity (Wildman–Crippen MR) is 51.1 cm³/mol. The summed E-state index contributed by atoms with van der Waals surface area (Å²) in [4.78, 5) is 13.5. The average Bonchev–Trinajstić information content (AvgIpc) is 2.78. The number of amides is 1. The smallest absolute Gasteiger partial charge is 0.225 e. The molecule has 0 aromatic rings. The van der Waals surface area contributed by atoms with Crippen molar-refractivity contribution in [1.29, 1.82) is 0 Å². The van der Waals surface area contributed by atoms with Crippen molar-refractivity contribution < 1.29 is 4.79 Å². The number of hydrogen-bond acceptors (Lipinski definition) is 2. The van der Waals surface area contributed by atoms with E-state index in [1.165, 1.54) is 0 Å². The van der Waals surface area contributed by atoms with Gasteiger partial charge in [0.15, 0.2) is 0 Å². The van der Waals surface area contributed by atoms with Crippen LogP contribution in [0.3, 0.4) is 0 Å². The van der Waals surface area contributed by atoms with Crippen molar-refractivity contribution in [3.05, 3.63) is 0 Å². The van der Waals surface area contributed by atoms with Crippen molar-refractivity contribution in [2.24, 2.45) is 17.6 Å². The van der Waals surface area contributed by atoms with Gasteiger partial charge in [0.25, 0.3) is 0 Å². The van der Waals surface area contributed by atoms with Crippen LogP contribution in [0.15, 0.2) is 0 Å². The van der Waals surface area contributed by atoms with Gasteiger partial charge in [-0.05, 0) is 18.8 Å². The molecule has 1 aliphatic carbocycles. The SMILES string of the molecule is CC(C)C1(N)CN(C(=O)C2CC2)C1. The van der Waals surface area contributed by atoms with E-state index in [2.05, 4.69) is 13.8 Å². The third-order valence-corrected chi connectivity index (χ3v) is 3.36. The monoisotopic (exact) mass is 182 g/mol. The van der Waals surface area contributed by atoms with Gasteiger partial charge in [-0.3, -0.25) is 4.79 Å². The highest BCUT2D eigenvalue weighted by Gasteiger charge is 2.47. The molecule has 0 bridgehead atoms. The van der Waals surface area contributed by atoms with E-state index in [-0.39, 0.29) is 5.54 Å². The maximum absolute atomic E-state index is 11.6. The zero-order valence-corrected chi connectivity index (χ0v) is 8.42. The molecule has 0 radical (unpaired) electrons. The van der Waals surface area contributed by atoms with Crippen molar-refractivity contribution in [3.8, 4) is 0 Å². The minimum absolute atomic E-state index is 0.107. The van der Waals surface area contributed by atoms with Gasteiger partial charge in [-0.25, -0.2) is 0 Å². The normalized spacial score (nSPS) is 26.0. The molecular formula is C10H18N2O. The van der Waals surface area contributed by atoms with E-state index in [1.807, 2.05) is 4.90 Å². The summed E-state index contributed by atoms with van der Waals surface area (Å²) in [5.74, 6) is 1.15. The first kappa shape index (κ1) is 9.00. The van der Waals surface area contributed by atoms with Gasteiger partial charge in [0.2, 0.25) is 5.91 Å². The maximum Gasteiger partial charge on any atom is 0.225 e. The Bertz CT molecular complexity index is 227. The maximum atomic E-state index is 11.6. The summed E-state index contributed by atoms with van der Waals surface area (Å²) in [5, 5.41) is 0. The van der Waals surface area contributed by atoms with Crippen LogP contribution in [0, 0.1) is 11.8 Å². The summed E-state index contributed by atoms with van der Waals surface area (Å²) in [6.07, 6.45) is 2.18. The second kappa shape index (κ2) is 2.71. The molecule has 1 heterocycles. The van der Waals surface area contributed by atoms with Crippen LogP contribution in [0.25, 0.3) is 0 Å². The first-order valence-electron chi connectivity index (χ1n) is 5.10. The zero-order chi connectivity index (χ0) is 9.64. The first-order chi connectivity index (χ1) is 6.03. The molecule has 1 saturated heterocycles. The van der Waals surface area contributed by atoms with Gasteiger partial charge in [-0.15, -0.1) is 0 Å². The molecule has 0 unspecified atom stereocenters. The minimum atomic E-state index is -0.107. The molecule has 2 fully saturated rings. The fraction of sp³-hybridized carbons (Fsp3) is 0.900. The molecule has 3 nitrogen and oxygen atoms in total. The van der Waals surface area contributed by atoms with Gasteiger partial charge in [0.05, 0.1) is 5.54 Å². The second-order valence-electron chi connectivity index (χ2n) is 4.86. The number of likely N-dealkylation sites (tertiary alicyclic amines) is 1. The van der Waals surface area contributed by atoms with Gasteiger partial charge in [0.1, 0.15) is 0 Å². The van der Waals surface area contributed by atoms with Crippen LogP contribution in [-0.2, 0) is 4.79 Å². The molecule has 3 heteroatoms. The molecule has 13 heavy (non-hydrogen) atoms. The van der Waals surface area contributed by atoms with Crippen molar-refractivity contribution >= 4 is 5.91 Å². The number of hydrogen-bond donors (Lipinski definition) is 1. The lowest BCUT2D eigenvalue weighted by molar-refractivity contribution is -0.141. The van der Waals surface area contributed by atoms with Gasteiger partial charge in [-0.1, -0.05) is 13.8 Å². The quantitative estimate of drug-likeness (QED) is 0.679. The molecule has 2 N–H and O–H groups in total. The van der Waals surface area contributed by atoms with Crippen LogP contribution in [0.4, 0.5) is 0 Å². The van der Waals surface area contributed by atoms with E-state index >= 15 is 0 Å². The number of carbonyl (C=O) groups is 1. The standard InChI is InChI=1S/C10H18N2O/c1-7(2)10(11)5-12(6-10)9(13)8-3-4-8/h7-8H,3-6,11H2,1-2H3. The molecule has 0 aromatic heterocycles. The van der Waals surface area contributed by atoms with Gasteiger partial charge < -0.3 is 10.6 Å². The van der Waals surface area contributed by atoms with E-state index in [4.69, 9.17) is 5.73 Å². The Kier molecular flexibility index (Phi) is 1.88. The highest BCUT2D eigenvalue weighted by molar-refractivity contribution is 5.82. The lowest BCUT2D eigenvalue weighted by Crippen LogP contribution is -2.71. The first-order valence-corrected chi connectivity index (χ1v) is 5.10. The third-order valence-electron chi connectivity index (χ3n) is 3.36. The van der Waals surface area contributed by atoms with Crippen LogP contribution in [0.5, 0.6) is 0 Å². The number of nitrogens with two attached hydrogens (primary N) is 1. The molecule has 1 aliphatic heterocycles. The third kappa shape index (κ3) is 1.46. The van der Waals surface area contributed by atoms with E-state index < -0.39 is 0 Å². The Balaban J connectivity index is 1.86. The van der Waals surface area contributed by atoms with Crippen molar-refractivity contribution in [2.75, 3.05) is 13.1 Å². The van der Waals surface area contributed by atoms with Crippen LogP contribution in [0.1, 0.15) is 26.7 Å². The van der Waals surface area contributed by atoms with Gasteiger partial charge in [0, 0.05) is 19.0 Å². The molecule has 0 atom stereocenters. The summed E-state index contributed by atoms with van der Waals surface area (Å²) >= 11 is 0. The zero-order valence-electron chi connectivity index (χ0n) is 8.42. The second-order valence-corrected chi connectivity index (χ2v) is 4.86. The molecule has 74 valence electrons. The van der Waals surface area contributed by atoms with Crippen LogP contribution >= 0.6 is 0 Å². The van der Waals surface area contributed by atoms with Crippen molar-refractivity contribution in [1.82, 2.24) is 4.90 Å². The Morgan fingerprint density at radius 2 is 2.00 bits per heavy atom. The van der Waals surface area contributed by atoms with Crippen molar-refractivity contribution in [3.63, 3.8) is 0 Å². The minimum Gasteiger partial charge on any atom is -0.339 e. The summed E-state index contributed by atoms with van der Waals surface area (Å²) in [6.45, 7) is 5.78. The molecule has 2 aliphatic rings. The number of nitrogens with zero attached hydrogens (tertiary/aromatic N) is 1. The van der Waals surface area contributed by atoms with Crippen LogP contribution < -0.4 is 5.73 Å². The number of rotatable bonds is 2. The molecule has 0 aromatic carbocycles. The van der Waals surface area contributed by atoms with E-state index in [9.17, 15) is 4.79 Å². The van der Waals surface area contributed by atoms with E-state index in [0.717, 1.165) is 25.9 Å². The number of carbonyl (C=O) groups excluding carboxylic acids is 1. The van der Waals surface area contributed by atoms with Crippen LogP contribution in [0.2, 0.25) is 0 Å². The lowest BCUT2D eigenvalue weighted by atomic mass is 9.80. The Morgan fingerprint density at radius 3 is 2.38 bits per heavy atom. The highest BCUT2D eigenvalue weighted by Crippen LogP contribution is 2.35. The topological polar surface area (TPSA) is 46.3 Å². The molecule has 1 amide bonds. The summed E-state index contributed by atoms with van der Waals surface area (Å²) in [5.41, 5.74) is 5.99. The molecular weight excluding hydrogens is 164 g/mol. The van der Waals surface area contributed by atoms with Gasteiger partial charge in [-0.2, -0.15) is 0 Å². The Hall–Kier alpha value is -0.570. The lowest BCUT2D eigenvalue weighted by Gasteiger charge is -2.50. The fourth-order valence-electron chi connectivity index (χ4n) is 1.77. The van der Waals surface area contributed by atoms with Crippen LogP contribution in [-0.4, -0.2) is 29.4 Å². The molecule has 0 spiro atoms. The summed E-state index contributed by atoms with van der Waals surface area (Å²) in [6, 6.07) is 0. The molecule has 1 saturated carbocycles. The van der Waals surface area contributed by atoms with Crippen molar-refractivity contribution in [2.45, 2.75) is 32.2 Å². The predicted octanol–water partition coefficient (Wildman–Crippen LogP) is 0.592. The Morgan fingerprint density at radius 1 is 1.46 bits per heavy atom. The highest BCUT2D eigenvalue weighted by atomic mass is 16.2. The summed E-state index contributed by atoms with van der Waals surface area (Å²) < 4.78 is 0. The summed E-state index contributed by atoms with van der Waals surface area (Å²) in [7, 11) is 0. The van der Waals surface area contributed by atoms with Gasteiger partial charge >= 0.3 is 0 Å². The molecule has 2 rings (SSSR count). The fourth-order valence-corrected chi connectivity index (χ4v) is 1.77. The van der Waals surface area contributed by atoms with E-state index in [1.54, 1.807) is 0 Å². The Labute approximate surface area is 79.3 Å². The average molecular weight is 182 g/mol. The largest absolute Gasteiger partial charge is 0.339 e. The van der Waals surface area contributed by atoms with E-state index in [0.29, 0.717) is 17.7 Å².